The Morgan fingerprint density at radius 1 is 1.52 bits per heavy atom. The predicted molar refractivity (Wildman–Crippen MR) is 80.2 cm³/mol. The first-order valence-electron chi connectivity index (χ1n) is 7.88. The second-order valence-electron chi connectivity index (χ2n) is 6.44. The van der Waals surface area contributed by atoms with Gasteiger partial charge >= 0.3 is 0 Å². The molecule has 0 spiro atoms. The maximum absolute atomic E-state index is 12.6. The number of likely N-dealkylation sites (tertiary alicyclic amines) is 1. The number of aliphatic hydroxyl groups is 1. The summed E-state index contributed by atoms with van der Waals surface area (Å²) in [6, 6.07) is 1.60. The summed E-state index contributed by atoms with van der Waals surface area (Å²) in [5.41, 5.74) is -0.0490. The molecule has 2 heterocycles. The third-order valence-electron chi connectivity index (χ3n) is 4.47. The zero-order valence-corrected chi connectivity index (χ0v) is 13.4. The summed E-state index contributed by atoms with van der Waals surface area (Å²) in [5, 5.41) is 14.3. The van der Waals surface area contributed by atoms with Gasteiger partial charge in [0.05, 0.1) is 17.3 Å². The van der Waals surface area contributed by atoms with Crippen molar-refractivity contribution in [3.63, 3.8) is 0 Å². The van der Waals surface area contributed by atoms with Crippen LogP contribution < -0.4 is 0 Å². The summed E-state index contributed by atoms with van der Waals surface area (Å²) in [7, 11) is 0. The van der Waals surface area contributed by atoms with Gasteiger partial charge in [-0.15, -0.1) is 0 Å². The molecule has 1 aromatic heterocycles. The SMILES string of the molecule is CCC(CC)c1cc(C(=O)N2CCCC2C(C)(C)O)on1. The minimum atomic E-state index is -0.898. The van der Waals surface area contributed by atoms with E-state index in [4.69, 9.17) is 4.52 Å². The summed E-state index contributed by atoms with van der Waals surface area (Å²) >= 11 is 0. The van der Waals surface area contributed by atoms with Gasteiger partial charge in [0.25, 0.3) is 5.91 Å². The first-order valence-corrected chi connectivity index (χ1v) is 7.88. The van der Waals surface area contributed by atoms with Crippen molar-refractivity contribution in [2.75, 3.05) is 6.54 Å². The van der Waals surface area contributed by atoms with Crippen molar-refractivity contribution in [2.24, 2.45) is 0 Å². The topological polar surface area (TPSA) is 66.6 Å². The lowest BCUT2D eigenvalue weighted by atomic mass is 9.96. The largest absolute Gasteiger partial charge is 0.388 e. The Morgan fingerprint density at radius 2 is 2.19 bits per heavy atom. The Hall–Kier alpha value is -1.36. The monoisotopic (exact) mass is 294 g/mol. The maximum Gasteiger partial charge on any atom is 0.292 e. The van der Waals surface area contributed by atoms with Crippen LogP contribution in [-0.2, 0) is 0 Å². The van der Waals surface area contributed by atoms with E-state index in [0.29, 0.717) is 12.5 Å². The molecule has 1 fully saturated rings. The van der Waals surface area contributed by atoms with Crippen LogP contribution in [0.3, 0.4) is 0 Å². The molecule has 1 N–H and O–H groups in total. The minimum Gasteiger partial charge on any atom is -0.388 e. The Labute approximate surface area is 126 Å². The molecule has 0 aromatic carbocycles. The van der Waals surface area contributed by atoms with E-state index >= 15 is 0 Å². The van der Waals surface area contributed by atoms with E-state index < -0.39 is 5.60 Å². The first-order chi connectivity index (χ1) is 9.88. The maximum atomic E-state index is 12.6. The molecule has 0 aliphatic carbocycles. The standard InChI is InChI=1S/C16H26N2O3/c1-5-11(6-2)12-10-13(21-17-12)15(19)18-9-7-8-14(18)16(3,4)20/h10-11,14,20H,5-9H2,1-4H3. The summed E-state index contributed by atoms with van der Waals surface area (Å²) in [5.74, 6) is 0.455. The molecule has 1 aliphatic rings. The average molecular weight is 294 g/mol. The van der Waals surface area contributed by atoms with Gasteiger partial charge in [-0.1, -0.05) is 19.0 Å². The van der Waals surface area contributed by atoms with Gasteiger partial charge < -0.3 is 14.5 Å². The highest BCUT2D eigenvalue weighted by molar-refractivity contribution is 5.92. The highest BCUT2D eigenvalue weighted by Gasteiger charge is 2.39. The second kappa shape index (κ2) is 6.18. The molecule has 0 bridgehead atoms. The lowest BCUT2D eigenvalue weighted by molar-refractivity contribution is -0.00105. The van der Waals surface area contributed by atoms with Gasteiger partial charge in [-0.3, -0.25) is 4.79 Å². The zero-order chi connectivity index (χ0) is 15.6. The fourth-order valence-electron chi connectivity index (χ4n) is 3.17. The van der Waals surface area contributed by atoms with Crippen LogP contribution in [0.15, 0.2) is 10.6 Å². The van der Waals surface area contributed by atoms with Crippen molar-refractivity contribution in [3.8, 4) is 0 Å². The molecule has 5 nitrogen and oxygen atoms in total. The number of aromatic nitrogens is 1. The third-order valence-corrected chi connectivity index (χ3v) is 4.47. The predicted octanol–water partition coefficient (Wildman–Crippen LogP) is 2.95. The number of amides is 1. The summed E-state index contributed by atoms with van der Waals surface area (Å²) in [6.45, 7) is 8.37. The van der Waals surface area contributed by atoms with Gasteiger partial charge in [-0.05, 0) is 39.5 Å². The Balaban J connectivity index is 2.17. The number of rotatable bonds is 5. The normalized spacial score (nSPS) is 19.5. The molecule has 0 radical (unpaired) electrons. The van der Waals surface area contributed by atoms with Crippen molar-refractivity contribution >= 4 is 5.91 Å². The van der Waals surface area contributed by atoms with Crippen LogP contribution in [0.2, 0.25) is 0 Å². The highest BCUT2D eigenvalue weighted by Crippen LogP contribution is 2.29. The highest BCUT2D eigenvalue weighted by atomic mass is 16.5. The van der Waals surface area contributed by atoms with Gasteiger partial charge in [0, 0.05) is 18.5 Å². The van der Waals surface area contributed by atoms with Crippen molar-refractivity contribution in [1.82, 2.24) is 10.1 Å². The lowest BCUT2D eigenvalue weighted by Crippen LogP contribution is -2.48. The number of carbonyl (C=O) groups excluding carboxylic acids is 1. The van der Waals surface area contributed by atoms with Crippen molar-refractivity contribution in [1.29, 1.82) is 0 Å². The van der Waals surface area contributed by atoms with Crippen molar-refractivity contribution in [3.05, 3.63) is 17.5 Å². The van der Waals surface area contributed by atoms with E-state index in [1.54, 1.807) is 24.8 Å². The molecule has 2 rings (SSSR count). The van der Waals surface area contributed by atoms with Gasteiger partial charge in [0.15, 0.2) is 0 Å². The zero-order valence-electron chi connectivity index (χ0n) is 13.4. The quantitative estimate of drug-likeness (QED) is 0.906. The second-order valence-corrected chi connectivity index (χ2v) is 6.44. The Morgan fingerprint density at radius 3 is 2.76 bits per heavy atom. The molecule has 1 aliphatic heterocycles. The third kappa shape index (κ3) is 3.28. The number of nitrogens with zero attached hydrogens (tertiary/aromatic N) is 2. The molecule has 1 atom stereocenters. The Bertz CT molecular complexity index is 486. The molecule has 5 heteroatoms. The van der Waals surface area contributed by atoms with Crippen LogP contribution >= 0.6 is 0 Å². The summed E-state index contributed by atoms with van der Waals surface area (Å²) < 4.78 is 5.26. The van der Waals surface area contributed by atoms with Crippen molar-refractivity contribution < 1.29 is 14.4 Å². The molecule has 21 heavy (non-hydrogen) atoms. The summed E-state index contributed by atoms with van der Waals surface area (Å²) in [6.07, 6.45) is 3.69. The van der Waals surface area contributed by atoms with Gasteiger partial charge in [-0.2, -0.15) is 0 Å². The molecular formula is C16H26N2O3. The molecule has 0 saturated carbocycles. The van der Waals surface area contributed by atoms with E-state index in [2.05, 4.69) is 19.0 Å². The number of hydrogen-bond donors (Lipinski definition) is 1. The van der Waals surface area contributed by atoms with Crippen LogP contribution in [0, 0.1) is 0 Å². The van der Waals surface area contributed by atoms with Gasteiger partial charge in [-0.25, -0.2) is 0 Å². The molecule has 1 unspecified atom stereocenters. The molecule has 1 aromatic rings. The number of hydrogen-bond acceptors (Lipinski definition) is 4. The lowest BCUT2D eigenvalue weighted by Gasteiger charge is -2.33. The molecule has 1 amide bonds. The molecule has 1 saturated heterocycles. The molecular weight excluding hydrogens is 268 g/mol. The number of carbonyl (C=O) groups is 1. The van der Waals surface area contributed by atoms with Crippen LogP contribution in [0.4, 0.5) is 0 Å². The van der Waals surface area contributed by atoms with Crippen LogP contribution in [-0.4, -0.2) is 39.3 Å². The average Bonchev–Trinajstić information content (AvgIpc) is 3.08. The fourth-order valence-corrected chi connectivity index (χ4v) is 3.17. The Kier molecular flexibility index (Phi) is 4.71. The van der Waals surface area contributed by atoms with Gasteiger partial charge in [0.2, 0.25) is 5.76 Å². The van der Waals surface area contributed by atoms with Crippen molar-refractivity contribution in [2.45, 2.75) is 70.9 Å². The van der Waals surface area contributed by atoms with E-state index in [-0.39, 0.29) is 17.7 Å². The van der Waals surface area contributed by atoms with E-state index in [1.807, 2.05) is 0 Å². The van der Waals surface area contributed by atoms with E-state index in [0.717, 1.165) is 31.4 Å². The van der Waals surface area contributed by atoms with Crippen LogP contribution in [0.5, 0.6) is 0 Å². The minimum absolute atomic E-state index is 0.160. The summed E-state index contributed by atoms with van der Waals surface area (Å²) in [4.78, 5) is 14.3. The van der Waals surface area contributed by atoms with Gasteiger partial charge in [0.1, 0.15) is 0 Å². The van der Waals surface area contributed by atoms with Crippen LogP contribution in [0.25, 0.3) is 0 Å². The van der Waals surface area contributed by atoms with E-state index in [9.17, 15) is 9.90 Å². The smallest absolute Gasteiger partial charge is 0.292 e. The fraction of sp³-hybridized carbons (Fsp3) is 0.750. The molecule has 118 valence electrons. The van der Waals surface area contributed by atoms with Crippen LogP contribution in [0.1, 0.15) is 75.5 Å². The first kappa shape index (κ1) is 16.0. The van der Waals surface area contributed by atoms with E-state index in [1.165, 1.54) is 0 Å².